The zero-order valence-corrected chi connectivity index (χ0v) is 11.3. The van der Waals surface area contributed by atoms with E-state index in [1.54, 1.807) is 6.07 Å². The molecule has 3 rings (SSSR count). The van der Waals surface area contributed by atoms with Gasteiger partial charge in [-0.15, -0.1) is 0 Å². The van der Waals surface area contributed by atoms with Crippen molar-refractivity contribution in [3.05, 3.63) is 34.2 Å². The van der Waals surface area contributed by atoms with Crippen LogP contribution in [0.3, 0.4) is 0 Å². The zero-order chi connectivity index (χ0) is 12.8. The Morgan fingerprint density at radius 2 is 1.94 bits per heavy atom. The monoisotopic (exact) mass is 263 g/mol. The van der Waals surface area contributed by atoms with Crippen molar-refractivity contribution >= 4 is 15.9 Å². The van der Waals surface area contributed by atoms with E-state index in [9.17, 15) is 8.42 Å². The lowest BCUT2D eigenvalue weighted by atomic mass is 10.1. The highest BCUT2D eigenvalue weighted by atomic mass is 32.2. The Bertz CT molecular complexity index is 611. The molecular formula is C14H17NO2S. The van der Waals surface area contributed by atoms with E-state index in [1.165, 1.54) is 12.8 Å². The van der Waals surface area contributed by atoms with E-state index in [2.05, 4.69) is 4.90 Å². The van der Waals surface area contributed by atoms with Crippen LogP contribution in [0.4, 0.5) is 0 Å². The number of benzene rings is 1. The number of hydrogen-bond donors (Lipinski definition) is 0. The summed E-state index contributed by atoms with van der Waals surface area (Å²) in [7, 11) is -3.24. The van der Waals surface area contributed by atoms with Crippen molar-refractivity contribution < 1.29 is 8.42 Å². The summed E-state index contributed by atoms with van der Waals surface area (Å²) in [6.07, 6.45) is 4.20. The number of hydrogen-bond acceptors (Lipinski definition) is 3. The molecule has 2 aliphatic rings. The van der Waals surface area contributed by atoms with Crippen LogP contribution in [0.15, 0.2) is 28.0 Å². The Morgan fingerprint density at radius 3 is 2.67 bits per heavy atom. The van der Waals surface area contributed by atoms with Crippen LogP contribution in [0.25, 0.3) is 6.08 Å². The standard InChI is InChI=1S/C14H17NO2S/c1-11-4-5-12-9-13(10-15-6-2-3-7-15)18(16,17)14(12)8-11/h4-5,8-9H,2-3,6-7,10H2,1H3. The minimum Gasteiger partial charge on any atom is -0.298 e. The maximum absolute atomic E-state index is 12.4. The lowest BCUT2D eigenvalue weighted by Gasteiger charge is -2.14. The molecule has 0 aliphatic carbocycles. The molecule has 0 N–H and O–H groups in total. The summed E-state index contributed by atoms with van der Waals surface area (Å²) < 4.78 is 24.9. The fourth-order valence-corrected chi connectivity index (χ4v) is 4.37. The van der Waals surface area contributed by atoms with Crippen molar-refractivity contribution in [2.45, 2.75) is 24.7 Å². The van der Waals surface area contributed by atoms with Crippen LogP contribution in [0.1, 0.15) is 24.0 Å². The summed E-state index contributed by atoms with van der Waals surface area (Å²) in [5, 5.41) is 0. The Balaban J connectivity index is 1.94. The van der Waals surface area contributed by atoms with Gasteiger partial charge in [-0.05, 0) is 56.1 Å². The third-order valence-electron chi connectivity index (χ3n) is 3.70. The highest BCUT2D eigenvalue weighted by Gasteiger charge is 2.31. The molecule has 0 aromatic heterocycles. The topological polar surface area (TPSA) is 37.4 Å². The summed E-state index contributed by atoms with van der Waals surface area (Å²) >= 11 is 0. The predicted molar refractivity (Wildman–Crippen MR) is 72.0 cm³/mol. The summed E-state index contributed by atoms with van der Waals surface area (Å²) in [4.78, 5) is 3.27. The fourth-order valence-electron chi connectivity index (χ4n) is 2.68. The van der Waals surface area contributed by atoms with Gasteiger partial charge in [0.15, 0.2) is 0 Å². The molecule has 0 amide bonds. The molecule has 4 heteroatoms. The first-order chi connectivity index (χ1) is 8.57. The predicted octanol–water partition coefficient (Wildman–Crippen LogP) is 2.22. The molecular weight excluding hydrogens is 246 g/mol. The summed E-state index contributed by atoms with van der Waals surface area (Å²) in [6, 6.07) is 5.64. The van der Waals surface area contributed by atoms with Crippen LogP contribution in [0, 0.1) is 6.92 Å². The Kier molecular flexibility index (Phi) is 2.79. The lowest BCUT2D eigenvalue weighted by molar-refractivity contribution is 0.374. The first-order valence-electron chi connectivity index (χ1n) is 6.36. The van der Waals surface area contributed by atoms with Gasteiger partial charge in [0.05, 0.1) is 9.80 Å². The smallest absolute Gasteiger partial charge is 0.204 e. The number of likely N-dealkylation sites (tertiary alicyclic amines) is 1. The molecule has 96 valence electrons. The maximum Gasteiger partial charge on any atom is 0.204 e. The summed E-state index contributed by atoms with van der Waals surface area (Å²) in [5.74, 6) is 0. The number of aryl methyl sites for hydroxylation is 1. The van der Waals surface area contributed by atoms with E-state index in [0.29, 0.717) is 16.3 Å². The lowest BCUT2D eigenvalue weighted by Crippen LogP contribution is -2.23. The van der Waals surface area contributed by atoms with Gasteiger partial charge in [0.2, 0.25) is 9.84 Å². The van der Waals surface area contributed by atoms with E-state index in [-0.39, 0.29) is 0 Å². The molecule has 1 aromatic carbocycles. The van der Waals surface area contributed by atoms with E-state index in [1.807, 2.05) is 25.1 Å². The third kappa shape index (κ3) is 1.89. The van der Waals surface area contributed by atoms with Crippen LogP contribution < -0.4 is 0 Å². The van der Waals surface area contributed by atoms with Gasteiger partial charge < -0.3 is 0 Å². The average molecular weight is 263 g/mol. The van der Waals surface area contributed by atoms with Gasteiger partial charge in [-0.25, -0.2) is 8.42 Å². The summed E-state index contributed by atoms with van der Waals surface area (Å²) in [5.41, 5.74) is 1.84. The normalized spacial score (nSPS) is 21.9. The number of sulfone groups is 1. The molecule has 0 saturated carbocycles. The number of nitrogens with zero attached hydrogens (tertiary/aromatic N) is 1. The molecule has 1 fully saturated rings. The van der Waals surface area contributed by atoms with Gasteiger partial charge in [-0.1, -0.05) is 12.1 Å². The van der Waals surface area contributed by atoms with Gasteiger partial charge in [-0.2, -0.15) is 0 Å². The fraction of sp³-hybridized carbons (Fsp3) is 0.429. The largest absolute Gasteiger partial charge is 0.298 e. The minimum absolute atomic E-state index is 0.483. The molecule has 1 saturated heterocycles. The zero-order valence-electron chi connectivity index (χ0n) is 10.5. The van der Waals surface area contributed by atoms with Crippen LogP contribution in [-0.4, -0.2) is 33.0 Å². The maximum atomic E-state index is 12.4. The molecule has 0 spiro atoms. The van der Waals surface area contributed by atoms with Crippen LogP contribution in [0.5, 0.6) is 0 Å². The second-order valence-corrected chi connectivity index (χ2v) is 7.11. The van der Waals surface area contributed by atoms with Crippen molar-refractivity contribution in [2.24, 2.45) is 0 Å². The average Bonchev–Trinajstić information content (AvgIpc) is 2.90. The second kappa shape index (κ2) is 4.21. The van der Waals surface area contributed by atoms with Crippen molar-refractivity contribution in [1.29, 1.82) is 0 Å². The molecule has 0 atom stereocenters. The molecule has 0 radical (unpaired) electrons. The molecule has 3 nitrogen and oxygen atoms in total. The van der Waals surface area contributed by atoms with E-state index in [0.717, 1.165) is 24.2 Å². The van der Waals surface area contributed by atoms with Gasteiger partial charge in [0.25, 0.3) is 0 Å². The van der Waals surface area contributed by atoms with Crippen molar-refractivity contribution in [3.8, 4) is 0 Å². The Morgan fingerprint density at radius 1 is 1.22 bits per heavy atom. The SMILES string of the molecule is Cc1ccc2c(c1)S(=O)(=O)C(CN1CCCC1)=C2. The molecule has 0 unspecified atom stereocenters. The van der Waals surface area contributed by atoms with Crippen LogP contribution in [0.2, 0.25) is 0 Å². The third-order valence-corrected chi connectivity index (χ3v) is 5.57. The van der Waals surface area contributed by atoms with E-state index < -0.39 is 9.84 Å². The second-order valence-electron chi connectivity index (χ2n) is 5.14. The molecule has 0 bridgehead atoms. The van der Waals surface area contributed by atoms with Gasteiger partial charge in [0.1, 0.15) is 0 Å². The first-order valence-corrected chi connectivity index (χ1v) is 7.84. The molecule has 18 heavy (non-hydrogen) atoms. The Hall–Kier alpha value is -1.13. The Labute approximate surface area is 108 Å². The van der Waals surface area contributed by atoms with Crippen LogP contribution >= 0.6 is 0 Å². The molecule has 1 aromatic rings. The summed E-state index contributed by atoms with van der Waals surface area (Å²) in [6.45, 7) is 4.52. The molecule has 2 heterocycles. The first kappa shape index (κ1) is 11.9. The van der Waals surface area contributed by atoms with Crippen LogP contribution in [-0.2, 0) is 9.84 Å². The quantitative estimate of drug-likeness (QED) is 0.821. The van der Waals surface area contributed by atoms with E-state index in [4.69, 9.17) is 0 Å². The van der Waals surface area contributed by atoms with Crippen molar-refractivity contribution in [1.82, 2.24) is 4.90 Å². The van der Waals surface area contributed by atoms with E-state index >= 15 is 0 Å². The number of rotatable bonds is 2. The molecule has 2 aliphatic heterocycles. The highest BCUT2D eigenvalue weighted by molar-refractivity contribution is 7.95. The highest BCUT2D eigenvalue weighted by Crippen LogP contribution is 2.34. The van der Waals surface area contributed by atoms with Crippen molar-refractivity contribution in [3.63, 3.8) is 0 Å². The van der Waals surface area contributed by atoms with Gasteiger partial charge in [0, 0.05) is 6.54 Å². The number of fused-ring (bicyclic) bond motifs is 1. The van der Waals surface area contributed by atoms with Crippen molar-refractivity contribution in [2.75, 3.05) is 19.6 Å². The van der Waals surface area contributed by atoms with Gasteiger partial charge in [-0.3, -0.25) is 4.90 Å². The van der Waals surface area contributed by atoms with Gasteiger partial charge >= 0.3 is 0 Å². The minimum atomic E-state index is -3.24.